The molecule has 1 N–H and O–H groups in total. The van der Waals surface area contributed by atoms with E-state index in [4.69, 9.17) is 4.74 Å². The predicted molar refractivity (Wildman–Crippen MR) is 79.2 cm³/mol. The highest BCUT2D eigenvalue weighted by molar-refractivity contribution is 5.82. The molecule has 0 spiro atoms. The number of fused-ring (bicyclic) bond motifs is 1. The van der Waals surface area contributed by atoms with E-state index in [1.54, 1.807) is 7.11 Å². The third-order valence-corrected chi connectivity index (χ3v) is 3.50. The molecule has 0 saturated heterocycles. The number of nitrogens with one attached hydrogen (secondary N) is 1. The Bertz CT molecular complexity index is 518. The van der Waals surface area contributed by atoms with Crippen molar-refractivity contribution in [3.63, 3.8) is 0 Å². The second-order valence-corrected chi connectivity index (χ2v) is 4.64. The first kappa shape index (κ1) is 14.0. The molecule has 2 rings (SSSR count). The zero-order valence-electron chi connectivity index (χ0n) is 11.9. The fraction of sp³-hybridized carbons (Fsp3) is 0.438. The summed E-state index contributed by atoms with van der Waals surface area (Å²) in [7, 11) is 1.77. The Labute approximate surface area is 115 Å². The first-order chi connectivity index (χ1) is 9.31. The number of methoxy groups -OCH3 is 1. The van der Waals surface area contributed by atoms with E-state index in [-0.39, 0.29) is 12.1 Å². The molecule has 1 heterocycles. The average Bonchev–Trinajstić information content (AvgIpc) is 2.47. The first-order valence-electron chi connectivity index (χ1n) is 6.91. The number of aromatic nitrogens is 1. The van der Waals surface area contributed by atoms with Crippen LogP contribution in [0.4, 0.5) is 0 Å². The molecule has 1 aromatic heterocycles. The summed E-state index contributed by atoms with van der Waals surface area (Å²) in [6.45, 7) is 5.18. The van der Waals surface area contributed by atoms with Crippen molar-refractivity contribution in [2.75, 3.05) is 13.7 Å². The predicted octanol–water partition coefficient (Wildman–Crippen LogP) is 3.31. The highest BCUT2D eigenvalue weighted by atomic mass is 16.5. The van der Waals surface area contributed by atoms with Gasteiger partial charge in [-0.25, -0.2) is 0 Å². The molecule has 1 aromatic carbocycles. The fourth-order valence-electron chi connectivity index (χ4n) is 2.58. The third kappa shape index (κ3) is 2.94. The van der Waals surface area contributed by atoms with Gasteiger partial charge in [-0.3, -0.25) is 4.98 Å². The van der Waals surface area contributed by atoms with Crippen LogP contribution in [-0.2, 0) is 4.74 Å². The monoisotopic (exact) mass is 258 g/mol. The van der Waals surface area contributed by atoms with E-state index in [0.717, 1.165) is 18.5 Å². The van der Waals surface area contributed by atoms with Crippen LogP contribution in [0.25, 0.3) is 10.9 Å². The first-order valence-corrected chi connectivity index (χ1v) is 6.91. The molecule has 0 radical (unpaired) electrons. The summed E-state index contributed by atoms with van der Waals surface area (Å²) in [5, 5.41) is 4.70. The Morgan fingerprint density at radius 3 is 2.68 bits per heavy atom. The van der Waals surface area contributed by atoms with Gasteiger partial charge < -0.3 is 10.1 Å². The minimum absolute atomic E-state index is 0.160. The Hall–Kier alpha value is -1.45. The average molecular weight is 258 g/mol. The highest BCUT2D eigenvalue weighted by Gasteiger charge is 2.22. The van der Waals surface area contributed by atoms with Gasteiger partial charge in [0.05, 0.1) is 17.7 Å². The quantitative estimate of drug-likeness (QED) is 0.863. The molecule has 2 atom stereocenters. The van der Waals surface area contributed by atoms with Gasteiger partial charge in [-0.1, -0.05) is 38.1 Å². The topological polar surface area (TPSA) is 34.2 Å². The maximum atomic E-state index is 5.63. The van der Waals surface area contributed by atoms with E-state index in [1.165, 1.54) is 10.9 Å². The summed E-state index contributed by atoms with van der Waals surface area (Å²) in [4.78, 5) is 4.54. The molecule has 0 aliphatic rings. The normalized spacial score (nSPS) is 14.5. The zero-order valence-corrected chi connectivity index (χ0v) is 11.9. The van der Waals surface area contributed by atoms with Gasteiger partial charge >= 0.3 is 0 Å². The SMILES string of the molecule is CCNC(c1cccc2cccnc12)C(CC)OC. The van der Waals surface area contributed by atoms with Gasteiger partial charge in [0.2, 0.25) is 0 Å². The number of hydrogen-bond acceptors (Lipinski definition) is 3. The van der Waals surface area contributed by atoms with E-state index < -0.39 is 0 Å². The lowest BCUT2D eigenvalue weighted by Crippen LogP contribution is -2.33. The molecule has 2 unspecified atom stereocenters. The van der Waals surface area contributed by atoms with Crippen molar-refractivity contribution in [2.45, 2.75) is 32.4 Å². The van der Waals surface area contributed by atoms with E-state index >= 15 is 0 Å². The number of hydrogen-bond donors (Lipinski definition) is 1. The molecule has 0 aliphatic carbocycles. The van der Waals surface area contributed by atoms with Gasteiger partial charge in [0.15, 0.2) is 0 Å². The van der Waals surface area contributed by atoms with E-state index in [9.17, 15) is 0 Å². The summed E-state index contributed by atoms with van der Waals surface area (Å²) in [6.07, 6.45) is 2.98. The molecular formula is C16H22N2O. The number of para-hydroxylation sites is 1. The van der Waals surface area contributed by atoms with Crippen molar-refractivity contribution < 1.29 is 4.74 Å². The van der Waals surface area contributed by atoms with Crippen molar-refractivity contribution >= 4 is 10.9 Å². The van der Waals surface area contributed by atoms with E-state index in [1.807, 2.05) is 12.3 Å². The maximum Gasteiger partial charge on any atom is 0.0764 e. The minimum atomic E-state index is 0.160. The molecule has 0 bridgehead atoms. The summed E-state index contributed by atoms with van der Waals surface area (Å²) in [5.41, 5.74) is 2.28. The molecule has 3 heteroatoms. The summed E-state index contributed by atoms with van der Waals surface area (Å²) >= 11 is 0. The Morgan fingerprint density at radius 2 is 2.00 bits per heavy atom. The van der Waals surface area contributed by atoms with Crippen LogP contribution in [0.3, 0.4) is 0 Å². The van der Waals surface area contributed by atoms with Crippen molar-refractivity contribution in [3.8, 4) is 0 Å². The molecule has 0 fully saturated rings. The molecule has 102 valence electrons. The van der Waals surface area contributed by atoms with Crippen molar-refractivity contribution in [3.05, 3.63) is 42.1 Å². The number of ether oxygens (including phenoxy) is 1. The Morgan fingerprint density at radius 1 is 1.21 bits per heavy atom. The fourth-order valence-corrected chi connectivity index (χ4v) is 2.58. The Balaban J connectivity index is 2.49. The number of pyridine rings is 1. The van der Waals surface area contributed by atoms with Gasteiger partial charge in [0, 0.05) is 18.7 Å². The van der Waals surface area contributed by atoms with Gasteiger partial charge in [0.1, 0.15) is 0 Å². The maximum absolute atomic E-state index is 5.63. The van der Waals surface area contributed by atoms with Crippen LogP contribution < -0.4 is 5.32 Å². The largest absolute Gasteiger partial charge is 0.379 e. The number of likely N-dealkylation sites (N-methyl/N-ethyl adjacent to an activating group) is 1. The van der Waals surface area contributed by atoms with Gasteiger partial charge in [-0.15, -0.1) is 0 Å². The minimum Gasteiger partial charge on any atom is -0.379 e. The molecule has 2 aromatic rings. The summed E-state index contributed by atoms with van der Waals surface area (Å²) in [6, 6.07) is 10.6. The molecule has 3 nitrogen and oxygen atoms in total. The van der Waals surface area contributed by atoms with Crippen LogP contribution in [0.15, 0.2) is 36.5 Å². The summed E-state index contributed by atoms with van der Waals surface area (Å²) < 4.78 is 5.63. The molecule has 0 amide bonds. The number of nitrogens with zero attached hydrogens (tertiary/aromatic N) is 1. The smallest absolute Gasteiger partial charge is 0.0764 e. The summed E-state index contributed by atoms with van der Waals surface area (Å²) in [5.74, 6) is 0. The standard InChI is InChI=1S/C16H22N2O/c1-4-14(19-3)16(17-5-2)13-10-6-8-12-9-7-11-18-15(12)13/h6-11,14,16-17H,4-5H2,1-3H3. The lowest BCUT2D eigenvalue weighted by atomic mass is 9.96. The van der Waals surface area contributed by atoms with Crippen LogP contribution in [0.1, 0.15) is 31.9 Å². The second-order valence-electron chi connectivity index (χ2n) is 4.64. The molecule has 0 saturated carbocycles. The number of rotatable bonds is 6. The van der Waals surface area contributed by atoms with Crippen molar-refractivity contribution in [1.82, 2.24) is 10.3 Å². The van der Waals surface area contributed by atoms with E-state index in [0.29, 0.717) is 0 Å². The van der Waals surface area contributed by atoms with Crippen molar-refractivity contribution in [1.29, 1.82) is 0 Å². The zero-order chi connectivity index (χ0) is 13.7. The second kappa shape index (κ2) is 6.64. The molecule has 0 aliphatic heterocycles. The lowest BCUT2D eigenvalue weighted by Gasteiger charge is -2.27. The van der Waals surface area contributed by atoms with Crippen LogP contribution in [0.5, 0.6) is 0 Å². The van der Waals surface area contributed by atoms with E-state index in [2.05, 4.69) is 48.4 Å². The third-order valence-electron chi connectivity index (χ3n) is 3.50. The van der Waals surface area contributed by atoms with Crippen molar-refractivity contribution in [2.24, 2.45) is 0 Å². The van der Waals surface area contributed by atoms with Gasteiger partial charge in [0.25, 0.3) is 0 Å². The Kier molecular flexibility index (Phi) is 4.88. The highest BCUT2D eigenvalue weighted by Crippen LogP contribution is 2.27. The van der Waals surface area contributed by atoms with Crippen LogP contribution in [0.2, 0.25) is 0 Å². The number of benzene rings is 1. The van der Waals surface area contributed by atoms with Crippen LogP contribution in [-0.4, -0.2) is 24.7 Å². The van der Waals surface area contributed by atoms with Gasteiger partial charge in [-0.2, -0.15) is 0 Å². The van der Waals surface area contributed by atoms with Crippen LogP contribution >= 0.6 is 0 Å². The molecular weight excluding hydrogens is 236 g/mol. The van der Waals surface area contributed by atoms with Gasteiger partial charge in [-0.05, 0) is 24.6 Å². The van der Waals surface area contributed by atoms with Crippen LogP contribution in [0, 0.1) is 0 Å². The molecule has 19 heavy (non-hydrogen) atoms. The lowest BCUT2D eigenvalue weighted by molar-refractivity contribution is 0.0660.